The van der Waals surface area contributed by atoms with E-state index in [1.54, 1.807) is 0 Å². The van der Waals surface area contributed by atoms with Crippen LogP contribution in [-0.4, -0.2) is 30.2 Å². The third-order valence-electron chi connectivity index (χ3n) is 1.33. The Balaban J connectivity index is 5.40. The molecule has 15 heavy (non-hydrogen) atoms. The van der Waals surface area contributed by atoms with Gasteiger partial charge in [-0.25, -0.2) is 8.78 Å². The van der Waals surface area contributed by atoms with Gasteiger partial charge in [0.1, 0.15) is 0 Å². The largest absolute Gasteiger partial charge is 0.404 e. The third-order valence-corrected chi connectivity index (χ3v) is 1.33. The lowest BCUT2D eigenvalue weighted by molar-refractivity contribution is -0.329. The smallest absolute Gasteiger partial charge is 0.254 e. The lowest BCUT2D eigenvalue weighted by Gasteiger charge is -2.29. The van der Waals surface area contributed by atoms with Gasteiger partial charge in [-0.05, 0) is 0 Å². The van der Waals surface area contributed by atoms with Crippen molar-refractivity contribution in [3.8, 4) is 0 Å². The van der Waals surface area contributed by atoms with Crippen molar-refractivity contribution in [2.75, 3.05) is 0 Å². The maximum absolute atomic E-state index is 12.0. The zero-order chi connectivity index (χ0) is 12.7. The first-order chi connectivity index (χ1) is 6.39. The first kappa shape index (κ1) is 14.0. The van der Waals surface area contributed by atoms with Gasteiger partial charge in [-0.3, -0.25) is 4.79 Å². The number of carbonyl (C=O) groups is 1. The van der Waals surface area contributed by atoms with Gasteiger partial charge in [0.2, 0.25) is 0 Å². The van der Waals surface area contributed by atoms with E-state index in [4.69, 9.17) is 0 Å². The Morgan fingerprint density at radius 3 is 1.47 bits per heavy atom. The van der Waals surface area contributed by atoms with E-state index in [0.29, 0.717) is 0 Å². The van der Waals surface area contributed by atoms with Crippen LogP contribution in [0.5, 0.6) is 0 Å². The van der Waals surface area contributed by atoms with E-state index >= 15 is 0 Å². The molecule has 0 atom stereocenters. The molecule has 0 saturated heterocycles. The van der Waals surface area contributed by atoms with E-state index in [-0.39, 0.29) is 0 Å². The Bertz CT molecular complexity index is 257. The van der Waals surface area contributed by atoms with E-state index in [1.807, 2.05) is 0 Å². The topological polar surface area (TPSA) is 17.1 Å². The van der Waals surface area contributed by atoms with Crippen LogP contribution in [0.2, 0.25) is 0 Å². The van der Waals surface area contributed by atoms with Crippen molar-refractivity contribution >= 4 is 6.04 Å². The Hall–Kier alpha value is -0.960. The minimum absolute atomic E-state index is 4.12. The highest BCUT2D eigenvalue weighted by Gasteiger charge is 2.78. The highest BCUT2D eigenvalue weighted by Crippen LogP contribution is 2.48. The van der Waals surface area contributed by atoms with Crippen LogP contribution < -0.4 is 0 Å². The second-order valence-electron chi connectivity index (χ2n) is 2.35. The molecule has 0 aromatic rings. The van der Waals surface area contributed by atoms with Crippen molar-refractivity contribution in [2.45, 2.75) is 24.2 Å². The zero-order valence-corrected chi connectivity index (χ0v) is 6.39. The number of hydrogen-bond donors (Lipinski definition) is 0. The average molecular weight is 248 g/mol. The average Bonchev–Trinajstić information content (AvgIpc) is 2.02. The van der Waals surface area contributed by atoms with Crippen LogP contribution in [0, 0.1) is 0 Å². The maximum atomic E-state index is 12.0. The first-order valence-electron chi connectivity index (χ1n) is 3.00. The minimum atomic E-state index is -6.81. The highest BCUT2D eigenvalue weighted by molar-refractivity contribution is 5.77. The Kier molecular flexibility index (Phi) is 3.33. The van der Waals surface area contributed by atoms with Gasteiger partial charge in [0.25, 0.3) is 0 Å². The van der Waals surface area contributed by atoms with Crippen LogP contribution in [0.1, 0.15) is 0 Å². The molecule has 0 amide bonds. The molecule has 0 aliphatic carbocycles. The second kappa shape index (κ2) is 3.56. The molecule has 0 N–H and O–H groups in total. The molecule has 90 valence electrons. The monoisotopic (exact) mass is 248 g/mol. The molecule has 0 aromatic carbocycles. The molecular formula is C5HF9O. The Morgan fingerprint density at radius 2 is 1.27 bits per heavy atom. The lowest BCUT2D eigenvalue weighted by Crippen LogP contribution is -2.59. The molecule has 0 rings (SSSR count). The van der Waals surface area contributed by atoms with Crippen LogP contribution >= 0.6 is 0 Å². The first-order valence-corrected chi connectivity index (χ1v) is 3.00. The lowest BCUT2D eigenvalue weighted by atomic mass is 10.1. The summed E-state index contributed by atoms with van der Waals surface area (Å²) in [6.07, 6.45) is -5.17. The maximum Gasteiger partial charge on any atom is 0.404 e. The molecule has 0 aliphatic heterocycles. The van der Waals surface area contributed by atoms with Crippen molar-refractivity contribution in [1.29, 1.82) is 0 Å². The second-order valence-corrected chi connectivity index (χ2v) is 2.35. The van der Waals surface area contributed by atoms with Crippen molar-refractivity contribution in [3.05, 3.63) is 0 Å². The normalized spacial score (nSPS) is 14.5. The third kappa shape index (κ3) is 1.88. The number of rotatable bonds is 4. The molecule has 0 heterocycles. The van der Waals surface area contributed by atoms with E-state index in [1.165, 1.54) is 0 Å². The van der Waals surface area contributed by atoms with E-state index in [2.05, 4.69) is 0 Å². The van der Waals surface area contributed by atoms with E-state index in [9.17, 15) is 44.3 Å². The predicted octanol–water partition coefficient (Wildman–Crippen LogP) is 2.65. The van der Waals surface area contributed by atoms with Gasteiger partial charge in [0.15, 0.2) is 0 Å². The van der Waals surface area contributed by atoms with Gasteiger partial charge in [-0.2, -0.15) is 30.7 Å². The molecule has 0 radical (unpaired) electrons. The summed E-state index contributed by atoms with van der Waals surface area (Å²) in [7, 11) is 0. The molecule has 0 saturated carbocycles. The summed E-state index contributed by atoms with van der Waals surface area (Å²) in [5.74, 6) is -19.8. The minimum Gasteiger partial charge on any atom is -0.254 e. The fourth-order valence-electron chi connectivity index (χ4n) is 0.470. The number of hydrogen-bond acceptors (Lipinski definition) is 1. The molecule has 0 bridgehead atoms. The van der Waals surface area contributed by atoms with Crippen LogP contribution in [0.25, 0.3) is 0 Å². The fourth-order valence-corrected chi connectivity index (χ4v) is 0.470. The molecule has 0 aliphatic rings. The number of alkyl halides is 8. The van der Waals surface area contributed by atoms with Gasteiger partial charge < -0.3 is 0 Å². The zero-order valence-electron chi connectivity index (χ0n) is 6.39. The Labute approximate surface area is 75.9 Å². The quantitative estimate of drug-likeness (QED) is 0.552. The molecular weight excluding hydrogens is 247 g/mol. The van der Waals surface area contributed by atoms with Gasteiger partial charge in [0.05, 0.1) is 0 Å². The molecule has 1 nitrogen and oxygen atoms in total. The summed E-state index contributed by atoms with van der Waals surface area (Å²) < 4.78 is 106. The van der Waals surface area contributed by atoms with Gasteiger partial charge in [0, 0.05) is 0 Å². The van der Waals surface area contributed by atoms with Crippen LogP contribution in [0.3, 0.4) is 0 Å². The van der Waals surface area contributed by atoms with Crippen LogP contribution in [-0.2, 0) is 4.79 Å². The summed E-state index contributed by atoms with van der Waals surface area (Å²) in [4.78, 5) is 9.31. The Morgan fingerprint density at radius 1 is 0.933 bits per heavy atom. The van der Waals surface area contributed by atoms with Gasteiger partial charge in [-0.15, -0.1) is 0 Å². The molecule has 0 spiro atoms. The van der Waals surface area contributed by atoms with Gasteiger partial charge >= 0.3 is 30.2 Å². The molecule has 0 fully saturated rings. The van der Waals surface area contributed by atoms with E-state index in [0.717, 1.165) is 0 Å². The molecule has 0 unspecified atom stereocenters. The summed E-state index contributed by atoms with van der Waals surface area (Å²) >= 11 is 0. The standard InChI is InChI=1S/C5HF9O/c6-1(7)3(9,10)5(13,14)4(11,12)2(8)15/h1H. The predicted molar refractivity (Wildman–Crippen MR) is 27.0 cm³/mol. The number of carbonyl (C=O) groups excluding carboxylic acids is 1. The summed E-state index contributed by atoms with van der Waals surface area (Å²) in [6, 6.07) is -4.12. The number of halogens is 9. The summed E-state index contributed by atoms with van der Waals surface area (Å²) in [6.45, 7) is 0. The summed E-state index contributed by atoms with van der Waals surface area (Å²) in [5, 5.41) is 0. The van der Waals surface area contributed by atoms with Crippen molar-refractivity contribution < 1.29 is 44.3 Å². The highest BCUT2D eigenvalue weighted by atomic mass is 19.4. The van der Waals surface area contributed by atoms with E-state index < -0.39 is 30.2 Å². The SMILES string of the molecule is O=C(F)C(F)(F)C(F)(F)C(F)(F)C(F)F. The summed E-state index contributed by atoms with van der Waals surface area (Å²) in [5.41, 5.74) is 0. The molecule has 0 aromatic heterocycles. The molecule has 10 heteroatoms. The fraction of sp³-hybridized carbons (Fsp3) is 0.800. The van der Waals surface area contributed by atoms with Gasteiger partial charge in [-0.1, -0.05) is 0 Å². The van der Waals surface area contributed by atoms with Crippen molar-refractivity contribution in [1.82, 2.24) is 0 Å². The van der Waals surface area contributed by atoms with Crippen LogP contribution in [0.4, 0.5) is 39.5 Å². The van der Waals surface area contributed by atoms with Crippen molar-refractivity contribution in [3.63, 3.8) is 0 Å². The van der Waals surface area contributed by atoms with Crippen molar-refractivity contribution in [2.24, 2.45) is 0 Å². The van der Waals surface area contributed by atoms with Crippen LogP contribution in [0.15, 0.2) is 0 Å².